The van der Waals surface area contributed by atoms with E-state index >= 15 is 0 Å². The number of amides is 1. The molecule has 1 saturated heterocycles. The summed E-state index contributed by atoms with van der Waals surface area (Å²) >= 11 is 0. The largest absolute Gasteiger partial charge is 0.335 e. The average Bonchev–Trinajstić information content (AvgIpc) is 2.83. The van der Waals surface area contributed by atoms with Crippen LogP contribution in [0.4, 0.5) is 0 Å². The Hall–Kier alpha value is -1.36. The second kappa shape index (κ2) is 6.19. The minimum Gasteiger partial charge on any atom is -0.335 e. The Morgan fingerprint density at radius 1 is 1.37 bits per heavy atom. The van der Waals surface area contributed by atoms with Crippen molar-refractivity contribution < 1.29 is 4.79 Å². The molecular weight excluding hydrogens is 240 g/mol. The fraction of sp³-hybridized carbons (Fsp3) is 0.714. The molecule has 0 radical (unpaired) electrons. The van der Waals surface area contributed by atoms with Crippen molar-refractivity contribution in [2.75, 3.05) is 26.2 Å². The predicted molar refractivity (Wildman–Crippen MR) is 75.4 cm³/mol. The zero-order chi connectivity index (χ0) is 13.8. The van der Waals surface area contributed by atoms with Crippen LogP contribution in [0.1, 0.15) is 48.9 Å². The van der Waals surface area contributed by atoms with E-state index in [1.165, 1.54) is 0 Å². The van der Waals surface area contributed by atoms with Crippen molar-refractivity contribution in [3.63, 3.8) is 0 Å². The molecule has 1 aliphatic rings. The number of carbonyl (C=O) groups excluding carboxylic acids is 1. The van der Waals surface area contributed by atoms with Gasteiger partial charge in [-0.15, -0.1) is 0 Å². The van der Waals surface area contributed by atoms with Crippen LogP contribution in [0.3, 0.4) is 0 Å². The van der Waals surface area contributed by atoms with Crippen molar-refractivity contribution >= 4 is 5.91 Å². The van der Waals surface area contributed by atoms with Gasteiger partial charge in [0.05, 0.1) is 6.04 Å². The van der Waals surface area contributed by atoms with Crippen molar-refractivity contribution in [2.45, 2.75) is 39.7 Å². The van der Waals surface area contributed by atoms with E-state index in [9.17, 15) is 4.79 Å². The number of aryl methyl sites for hydroxylation is 1. The summed E-state index contributed by atoms with van der Waals surface area (Å²) in [5, 5.41) is 7.79. The number of hydrogen-bond donors (Lipinski definition) is 1. The van der Waals surface area contributed by atoms with Crippen molar-refractivity contribution in [3.05, 3.63) is 17.5 Å². The first-order valence-corrected chi connectivity index (χ1v) is 7.23. The van der Waals surface area contributed by atoms with Gasteiger partial charge < -0.3 is 10.2 Å². The van der Waals surface area contributed by atoms with Crippen LogP contribution in [0.5, 0.6) is 0 Å². The van der Waals surface area contributed by atoms with Crippen molar-refractivity contribution in [1.29, 1.82) is 0 Å². The van der Waals surface area contributed by atoms with Crippen LogP contribution >= 0.6 is 0 Å². The number of carbonyl (C=O) groups is 1. The summed E-state index contributed by atoms with van der Waals surface area (Å²) in [6.45, 7) is 9.64. The Bertz CT molecular complexity index is 431. The molecule has 0 aromatic carbocycles. The highest BCUT2D eigenvalue weighted by molar-refractivity contribution is 5.92. The normalized spacial score (nSPS) is 16.1. The molecule has 2 heterocycles. The zero-order valence-corrected chi connectivity index (χ0v) is 12.1. The van der Waals surface area contributed by atoms with E-state index < -0.39 is 0 Å². The van der Waals surface area contributed by atoms with Crippen LogP contribution < -0.4 is 5.32 Å². The highest BCUT2D eigenvalue weighted by atomic mass is 16.2. The van der Waals surface area contributed by atoms with Gasteiger partial charge in [-0.3, -0.25) is 9.48 Å². The van der Waals surface area contributed by atoms with Gasteiger partial charge in [-0.25, -0.2) is 0 Å². The highest BCUT2D eigenvalue weighted by Gasteiger charge is 2.22. The number of piperazine rings is 1. The monoisotopic (exact) mass is 264 g/mol. The highest BCUT2D eigenvalue weighted by Crippen LogP contribution is 2.18. The van der Waals surface area contributed by atoms with E-state index in [1.54, 1.807) is 0 Å². The molecule has 1 aromatic heterocycles. The molecule has 0 atom stereocenters. The summed E-state index contributed by atoms with van der Waals surface area (Å²) in [6.07, 6.45) is 2.08. The molecule has 0 bridgehead atoms. The third-order valence-corrected chi connectivity index (χ3v) is 3.83. The molecule has 19 heavy (non-hydrogen) atoms. The predicted octanol–water partition coefficient (Wildman–Crippen LogP) is 1.60. The van der Waals surface area contributed by atoms with Gasteiger partial charge in [0.25, 0.3) is 5.91 Å². The van der Waals surface area contributed by atoms with Crippen LogP contribution in [0.25, 0.3) is 0 Å². The van der Waals surface area contributed by atoms with Gasteiger partial charge >= 0.3 is 0 Å². The van der Waals surface area contributed by atoms with Crippen LogP contribution in [0.2, 0.25) is 0 Å². The third-order valence-electron chi connectivity index (χ3n) is 3.83. The fourth-order valence-electron chi connectivity index (χ4n) is 2.63. The number of nitrogens with zero attached hydrogens (tertiary/aromatic N) is 3. The molecule has 0 saturated carbocycles. The van der Waals surface area contributed by atoms with Crippen LogP contribution in [-0.4, -0.2) is 46.8 Å². The van der Waals surface area contributed by atoms with E-state index in [1.807, 2.05) is 22.6 Å². The van der Waals surface area contributed by atoms with Crippen LogP contribution in [-0.2, 0) is 0 Å². The molecule has 106 valence electrons. The Morgan fingerprint density at radius 3 is 2.58 bits per heavy atom. The van der Waals surface area contributed by atoms with Crippen molar-refractivity contribution in [3.8, 4) is 0 Å². The van der Waals surface area contributed by atoms with E-state index in [0.717, 1.165) is 44.7 Å². The standard InChI is InChI=1S/C14H24N4O/c1-4-12(5-2)18-11(3)10-13(16-18)14(19)17-8-6-15-7-9-17/h10,12,15H,4-9H2,1-3H3. The van der Waals surface area contributed by atoms with E-state index in [-0.39, 0.29) is 5.91 Å². The van der Waals surface area contributed by atoms with Gasteiger partial charge in [-0.1, -0.05) is 13.8 Å². The van der Waals surface area contributed by atoms with Crippen molar-refractivity contribution in [1.82, 2.24) is 20.0 Å². The lowest BCUT2D eigenvalue weighted by Gasteiger charge is -2.26. The summed E-state index contributed by atoms with van der Waals surface area (Å²) in [6, 6.07) is 2.31. The fourth-order valence-corrected chi connectivity index (χ4v) is 2.63. The van der Waals surface area contributed by atoms with Gasteiger partial charge in [0.2, 0.25) is 0 Å². The molecule has 0 unspecified atom stereocenters. The molecule has 1 fully saturated rings. The minimum atomic E-state index is 0.0642. The lowest BCUT2D eigenvalue weighted by atomic mass is 10.2. The third kappa shape index (κ3) is 2.97. The Balaban J connectivity index is 2.16. The van der Waals surface area contributed by atoms with Gasteiger partial charge in [-0.2, -0.15) is 5.10 Å². The maximum atomic E-state index is 12.4. The number of rotatable bonds is 4. The zero-order valence-electron chi connectivity index (χ0n) is 12.1. The van der Waals surface area contributed by atoms with Crippen molar-refractivity contribution in [2.24, 2.45) is 0 Å². The number of nitrogens with one attached hydrogen (secondary N) is 1. The Morgan fingerprint density at radius 2 is 2.00 bits per heavy atom. The maximum absolute atomic E-state index is 12.4. The lowest BCUT2D eigenvalue weighted by Crippen LogP contribution is -2.46. The first-order chi connectivity index (χ1) is 9.17. The molecule has 5 heteroatoms. The topological polar surface area (TPSA) is 50.2 Å². The molecule has 2 rings (SSSR count). The smallest absolute Gasteiger partial charge is 0.274 e. The van der Waals surface area contributed by atoms with E-state index in [4.69, 9.17) is 0 Å². The Kier molecular flexibility index (Phi) is 4.58. The second-order valence-corrected chi connectivity index (χ2v) is 5.13. The Labute approximate surface area is 115 Å². The molecule has 1 aliphatic heterocycles. The maximum Gasteiger partial charge on any atom is 0.274 e. The first kappa shape index (κ1) is 14.1. The van der Waals surface area contributed by atoms with Crippen LogP contribution in [0.15, 0.2) is 6.07 Å². The molecule has 1 aromatic rings. The van der Waals surface area contributed by atoms with Crippen LogP contribution in [0, 0.1) is 6.92 Å². The van der Waals surface area contributed by atoms with Gasteiger partial charge in [0.15, 0.2) is 5.69 Å². The quantitative estimate of drug-likeness (QED) is 0.898. The first-order valence-electron chi connectivity index (χ1n) is 7.23. The van der Waals surface area contributed by atoms with Gasteiger partial charge in [-0.05, 0) is 25.8 Å². The summed E-state index contributed by atoms with van der Waals surface area (Å²) in [4.78, 5) is 14.3. The van der Waals surface area contributed by atoms with E-state index in [0.29, 0.717) is 11.7 Å². The number of hydrogen-bond acceptors (Lipinski definition) is 3. The lowest BCUT2D eigenvalue weighted by molar-refractivity contribution is 0.0728. The van der Waals surface area contributed by atoms with Gasteiger partial charge in [0.1, 0.15) is 0 Å². The van der Waals surface area contributed by atoms with E-state index in [2.05, 4.69) is 24.3 Å². The molecular formula is C14H24N4O. The molecule has 5 nitrogen and oxygen atoms in total. The summed E-state index contributed by atoms with van der Waals surface area (Å²) in [7, 11) is 0. The van der Waals surface area contributed by atoms with Gasteiger partial charge in [0, 0.05) is 31.9 Å². The summed E-state index contributed by atoms with van der Waals surface area (Å²) < 4.78 is 2.01. The minimum absolute atomic E-state index is 0.0642. The molecule has 1 amide bonds. The average molecular weight is 264 g/mol. The molecule has 1 N–H and O–H groups in total. The summed E-state index contributed by atoms with van der Waals surface area (Å²) in [5.41, 5.74) is 1.67. The molecule has 0 aliphatic carbocycles. The second-order valence-electron chi connectivity index (χ2n) is 5.13. The number of aromatic nitrogens is 2. The molecule has 0 spiro atoms. The summed E-state index contributed by atoms with van der Waals surface area (Å²) in [5.74, 6) is 0.0642. The SMILES string of the molecule is CCC(CC)n1nc(C(=O)N2CCNCC2)cc1C.